The van der Waals surface area contributed by atoms with Crippen molar-refractivity contribution in [3.05, 3.63) is 30.3 Å². The maximum Gasteiger partial charge on any atom is 0.136 e. The van der Waals surface area contributed by atoms with Gasteiger partial charge in [-0.25, -0.2) is 0 Å². The highest BCUT2D eigenvalue weighted by Crippen LogP contribution is 2.11. The fourth-order valence-corrected chi connectivity index (χ4v) is 1.38. The summed E-state index contributed by atoms with van der Waals surface area (Å²) in [7, 11) is 0. The van der Waals surface area contributed by atoms with Gasteiger partial charge in [0.25, 0.3) is 0 Å². The van der Waals surface area contributed by atoms with Crippen LogP contribution in [0.15, 0.2) is 35.4 Å². The molecule has 1 heterocycles. The van der Waals surface area contributed by atoms with Gasteiger partial charge in [-0.2, -0.15) is 0 Å². The zero-order chi connectivity index (χ0) is 9.26. The van der Waals surface area contributed by atoms with E-state index >= 15 is 0 Å². The maximum atomic E-state index is 10.5. The highest BCUT2D eigenvalue weighted by Gasteiger charge is 1.97. The predicted octanol–water partition coefficient (Wildman–Crippen LogP) is 0.868. The summed E-state index contributed by atoms with van der Waals surface area (Å²) >= 11 is -2.31. The third kappa shape index (κ3) is 1.56. The molecule has 0 aliphatic carbocycles. The number of rotatable bonds is 1. The first-order valence-corrected chi connectivity index (χ1v) is 4.66. The molecule has 1 atom stereocenters. The van der Waals surface area contributed by atoms with Gasteiger partial charge in [0.15, 0.2) is 0 Å². The quantitative estimate of drug-likeness (QED) is 0.630. The second kappa shape index (κ2) is 3.20. The lowest BCUT2D eigenvalue weighted by molar-refractivity contribution is 0.532. The summed E-state index contributed by atoms with van der Waals surface area (Å²) in [5, 5.41) is 8.05. The fraction of sp³-hybridized carbons (Fsp3) is 0. The standard InChI is InChI=1S/C8H6N2O2S/c11-13(12)8-5-6-3-1-2-4-7(6)9-10-8/h1-5H,(H,11,12)/p-1. The molecule has 1 aromatic heterocycles. The lowest BCUT2D eigenvalue weighted by Crippen LogP contribution is -1.95. The zero-order valence-corrected chi connectivity index (χ0v) is 7.32. The Bertz CT molecular complexity index is 472. The van der Waals surface area contributed by atoms with Gasteiger partial charge in [-0.15, -0.1) is 10.2 Å². The molecule has 1 aromatic carbocycles. The van der Waals surface area contributed by atoms with E-state index in [4.69, 9.17) is 0 Å². The number of benzene rings is 1. The van der Waals surface area contributed by atoms with Gasteiger partial charge in [0, 0.05) is 5.39 Å². The molecule has 0 amide bonds. The second-order valence-corrected chi connectivity index (χ2v) is 3.36. The molecule has 2 rings (SSSR count). The van der Waals surface area contributed by atoms with Gasteiger partial charge in [-0.05, 0) is 23.2 Å². The summed E-state index contributed by atoms with van der Waals surface area (Å²) in [6.45, 7) is 0. The number of aromatic nitrogens is 2. The van der Waals surface area contributed by atoms with Crippen LogP contribution >= 0.6 is 0 Å². The van der Waals surface area contributed by atoms with Gasteiger partial charge in [0.1, 0.15) is 5.03 Å². The van der Waals surface area contributed by atoms with E-state index in [-0.39, 0.29) is 5.03 Å². The van der Waals surface area contributed by atoms with E-state index in [1.54, 1.807) is 12.1 Å². The Morgan fingerprint density at radius 1 is 1.23 bits per heavy atom. The molecule has 1 unspecified atom stereocenters. The van der Waals surface area contributed by atoms with E-state index in [1.807, 2.05) is 12.1 Å². The molecule has 0 bridgehead atoms. The van der Waals surface area contributed by atoms with Crippen LogP contribution in [0.3, 0.4) is 0 Å². The largest absolute Gasteiger partial charge is 0.767 e. The molecule has 13 heavy (non-hydrogen) atoms. The summed E-state index contributed by atoms with van der Waals surface area (Å²) in [5.74, 6) is 0. The molecule has 5 heteroatoms. The van der Waals surface area contributed by atoms with Crippen molar-refractivity contribution >= 4 is 22.0 Å². The topological polar surface area (TPSA) is 65.9 Å². The Hall–Kier alpha value is -1.33. The third-order valence-corrected chi connectivity index (χ3v) is 2.18. The Labute approximate surface area is 76.9 Å². The molecule has 4 nitrogen and oxygen atoms in total. The summed E-state index contributed by atoms with van der Waals surface area (Å²) in [4.78, 5) is 0. The SMILES string of the molecule is O=S([O-])c1cc2ccccc2nn1. The van der Waals surface area contributed by atoms with Crippen LogP contribution in [0.5, 0.6) is 0 Å². The minimum Gasteiger partial charge on any atom is -0.767 e. The summed E-state index contributed by atoms with van der Waals surface area (Å²) in [6.07, 6.45) is 0. The number of hydrogen-bond acceptors (Lipinski definition) is 4. The van der Waals surface area contributed by atoms with Crippen molar-refractivity contribution < 1.29 is 8.76 Å². The minimum absolute atomic E-state index is 0.0290. The summed E-state index contributed by atoms with van der Waals surface area (Å²) in [5.41, 5.74) is 0.691. The Morgan fingerprint density at radius 2 is 2.00 bits per heavy atom. The van der Waals surface area contributed by atoms with Crippen LogP contribution in [0.25, 0.3) is 10.9 Å². The molecule has 0 aliphatic heterocycles. The van der Waals surface area contributed by atoms with Crippen molar-refractivity contribution in [3.63, 3.8) is 0 Å². The van der Waals surface area contributed by atoms with Gasteiger partial charge in [0.05, 0.1) is 5.52 Å². The smallest absolute Gasteiger partial charge is 0.136 e. The van der Waals surface area contributed by atoms with Crippen LogP contribution < -0.4 is 0 Å². The van der Waals surface area contributed by atoms with Crippen molar-refractivity contribution in [1.82, 2.24) is 10.2 Å². The van der Waals surface area contributed by atoms with Gasteiger partial charge >= 0.3 is 0 Å². The lowest BCUT2D eigenvalue weighted by Gasteiger charge is -2.03. The maximum absolute atomic E-state index is 10.5. The number of nitrogens with zero attached hydrogens (tertiary/aromatic N) is 2. The molecule has 0 aliphatic rings. The first-order valence-electron chi connectivity index (χ1n) is 3.59. The first kappa shape index (κ1) is 8.28. The van der Waals surface area contributed by atoms with Crippen LogP contribution in [0.1, 0.15) is 0 Å². The average molecular weight is 193 g/mol. The molecule has 0 fully saturated rings. The van der Waals surface area contributed by atoms with Crippen LogP contribution in [-0.2, 0) is 11.1 Å². The monoisotopic (exact) mass is 193 g/mol. The summed E-state index contributed by atoms with van der Waals surface area (Å²) < 4.78 is 21.1. The average Bonchev–Trinajstić information content (AvgIpc) is 2.17. The van der Waals surface area contributed by atoms with E-state index in [0.29, 0.717) is 5.52 Å². The van der Waals surface area contributed by atoms with Crippen molar-refractivity contribution in [1.29, 1.82) is 0 Å². The van der Waals surface area contributed by atoms with E-state index in [1.165, 1.54) is 6.07 Å². The second-order valence-electron chi connectivity index (χ2n) is 2.48. The molecular formula is C8H5N2O2S-. The van der Waals surface area contributed by atoms with Gasteiger partial charge in [-0.3, -0.25) is 4.21 Å². The lowest BCUT2D eigenvalue weighted by atomic mass is 10.2. The van der Waals surface area contributed by atoms with Crippen LogP contribution in [0.2, 0.25) is 0 Å². The summed E-state index contributed by atoms with van der Waals surface area (Å²) in [6, 6.07) is 8.71. The molecule has 0 spiro atoms. The zero-order valence-electron chi connectivity index (χ0n) is 6.51. The van der Waals surface area contributed by atoms with Gasteiger partial charge < -0.3 is 4.55 Å². The number of hydrogen-bond donors (Lipinski definition) is 0. The van der Waals surface area contributed by atoms with E-state index in [2.05, 4.69) is 10.2 Å². The van der Waals surface area contributed by atoms with Crippen LogP contribution in [0.4, 0.5) is 0 Å². The van der Waals surface area contributed by atoms with Crippen molar-refractivity contribution in [2.24, 2.45) is 0 Å². The predicted molar refractivity (Wildman–Crippen MR) is 46.7 cm³/mol. The number of fused-ring (bicyclic) bond motifs is 1. The molecule has 0 N–H and O–H groups in total. The van der Waals surface area contributed by atoms with Gasteiger partial charge in [0.2, 0.25) is 0 Å². The highest BCUT2D eigenvalue weighted by atomic mass is 32.2. The van der Waals surface area contributed by atoms with E-state index < -0.39 is 11.1 Å². The molecule has 0 radical (unpaired) electrons. The molecule has 0 saturated carbocycles. The van der Waals surface area contributed by atoms with E-state index in [0.717, 1.165) is 5.39 Å². The van der Waals surface area contributed by atoms with Crippen LogP contribution in [0, 0.1) is 0 Å². The van der Waals surface area contributed by atoms with E-state index in [9.17, 15) is 8.76 Å². The molecular weight excluding hydrogens is 188 g/mol. The molecule has 2 aromatic rings. The normalized spacial score (nSPS) is 13.0. The molecule has 66 valence electrons. The molecule has 0 saturated heterocycles. The Morgan fingerprint density at radius 3 is 2.77 bits per heavy atom. The van der Waals surface area contributed by atoms with Gasteiger partial charge in [-0.1, -0.05) is 18.2 Å². The first-order chi connectivity index (χ1) is 6.27. The third-order valence-electron chi connectivity index (χ3n) is 1.64. The van der Waals surface area contributed by atoms with Crippen molar-refractivity contribution in [2.45, 2.75) is 5.03 Å². The Kier molecular flexibility index (Phi) is 2.03. The highest BCUT2D eigenvalue weighted by molar-refractivity contribution is 7.79. The van der Waals surface area contributed by atoms with Crippen molar-refractivity contribution in [3.8, 4) is 0 Å². The Balaban J connectivity index is 2.69. The minimum atomic E-state index is -2.31. The van der Waals surface area contributed by atoms with Crippen molar-refractivity contribution in [2.75, 3.05) is 0 Å². The fourth-order valence-electron chi connectivity index (χ4n) is 1.05. The van der Waals surface area contributed by atoms with Crippen LogP contribution in [-0.4, -0.2) is 19.0 Å².